The Morgan fingerprint density at radius 3 is 2.54 bits per heavy atom. The van der Waals surface area contributed by atoms with Gasteiger partial charge in [-0.3, -0.25) is 4.79 Å². The molecule has 0 bridgehead atoms. The highest BCUT2D eigenvalue weighted by atomic mass is 16.5. The SMILES string of the molecule is COCCCNC(=O)C(C#N)=Cc1cn(-c2ccccc2)nc1-c1cccc(OCc2ccccc2)c1. The number of benzene rings is 3. The highest BCUT2D eigenvalue weighted by Crippen LogP contribution is 2.29. The Kier molecular flexibility index (Phi) is 8.84. The van der Waals surface area contributed by atoms with Gasteiger partial charge in [0, 0.05) is 37.6 Å². The molecule has 0 unspecified atom stereocenters. The molecule has 0 saturated carbocycles. The molecule has 37 heavy (non-hydrogen) atoms. The van der Waals surface area contributed by atoms with Gasteiger partial charge in [-0.25, -0.2) is 4.68 Å². The Balaban J connectivity index is 1.65. The van der Waals surface area contributed by atoms with Crippen LogP contribution in [0.1, 0.15) is 17.5 Å². The van der Waals surface area contributed by atoms with E-state index in [1.807, 2.05) is 97.2 Å². The first-order chi connectivity index (χ1) is 18.2. The molecule has 0 spiro atoms. The number of nitriles is 1. The average Bonchev–Trinajstić information content (AvgIpc) is 3.38. The molecule has 7 nitrogen and oxygen atoms in total. The lowest BCUT2D eigenvalue weighted by atomic mass is 10.1. The van der Waals surface area contributed by atoms with Crippen molar-refractivity contribution in [2.75, 3.05) is 20.3 Å². The number of carbonyl (C=O) groups excluding carboxylic acids is 1. The number of hydrogen-bond acceptors (Lipinski definition) is 5. The van der Waals surface area contributed by atoms with E-state index in [-0.39, 0.29) is 5.57 Å². The summed E-state index contributed by atoms with van der Waals surface area (Å²) in [5.41, 5.74) is 4.02. The summed E-state index contributed by atoms with van der Waals surface area (Å²) in [6.07, 6.45) is 4.05. The second-order valence-electron chi connectivity index (χ2n) is 8.29. The smallest absolute Gasteiger partial charge is 0.261 e. The molecular formula is C30H28N4O3. The first kappa shape index (κ1) is 25.4. The number of carbonyl (C=O) groups is 1. The average molecular weight is 493 g/mol. The highest BCUT2D eigenvalue weighted by molar-refractivity contribution is 6.02. The lowest BCUT2D eigenvalue weighted by molar-refractivity contribution is -0.117. The van der Waals surface area contributed by atoms with Crippen molar-refractivity contribution in [2.45, 2.75) is 13.0 Å². The number of amides is 1. The number of para-hydroxylation sites is 1. The first-order valence-corrected chi connectivity index (χ1v) is 12.0. The van der Waals surface area contributed by atoms with Gasteiger partial charge in [0.1, 0.15) is 29.7 Å². The minimum atomic E-state index is -0.433. The molecule has 1 N–H and O–H groups in total. The molecule has 3 aromatic carbocycles. The van der Waals surface area contributed by atoms with Crippen LogP contribution in [0.15, 0.2) is 96.7 Å². The zero-order valence-corrected chi connectivity index (χ0v) is 20.6. The minimum absolute atomic E-state index is 0.00256. The molecule has 0 fully saturated rings. The molecule has 186 valence electrons. The fraction of sp³-hybridized carbons (Fsp3) is 0.167. The van der Waals surface area contributed by atoms with Crippen molar-refractivity contribution in [3.63, 3.8) is 0 Å². The van der Waals surface area contributed by atoms with Crippen LogP contribution in [-0.4, -0.2) is 35.9 Å². The summed E-state index contributed by atoms with van der Waals surface area (Å²) in [5.74, 6) is 0.263. The Morgan fingerprint density at radius 2 is 1.81 bits per heavy atom. The fourth-order valence-electron chi connectivity index (χ4n) is 3.72. The molecule has 4 aromatic rings. The van der Waals surface area contributed by atoms with Crippen molar-refractivity contribution in [3.8, 4) is 28.8 Å². The van der Waals surface area contributed by atoms with Gasteiger partial charge in [-0.1, -0.05) is 60.7 Å². The summed E-state index contributed by atoms with van der Waals surface area (Å²) in [6.45, 7) is 1.39. The Bertz CT molecular complexity index is 1390. The van der Waals surface area contributed by atoms with Crippen LogP contribution >= 0.6 is 0 Å². The van der Waals surface area contributed by atoms with E-state index < -0.39 is 5.91 Å². The van der Waals surface area contributed by atoms with E-state index in [4.69, 9.17) is 14.6 Å². The summed E-state index contributed by atoms with van der Waals surface area (Å²) < 4.78 is 12.8. The molecule has 7 heteroatoms. The highest BCUT2D eigenvalue weighted by Gasteiger charge is 2.15. The topological polar surface area (TPSA) is 89.2 Å². The third kappa shape index (κ3) is 6.94. The van der Waals surface area contributed by atoms with Crippen LogP contribution in [0.2, 0.25) is 0 Å². The Labute approximate surface area is 216 Å². The molecule has 0 radical (unpaired) electrons. The summed E-state index contributed by atoms with van der Waals surface area (Å²) in [4.78, 5) is 12.7. The van der Waals surface area contributed by atoms with Crippen molar-refractivity contribution >= 4 is 12.0 Å². The van der Waals surface area contributed by atoms with Crippen molar-refractivity contribution in [1.29, 1.82) is 5.26 Å². The summed E-state index contributed by atoms with van der Waals surface area (Å²) in [6, 6.07) is 29.3. The normalized spacial score (nSPS) is 11.1. The number of nitrogens with one attached hydrogen (secondary N) is 1. The predicted octanol–water partition coefficient (Wildman–Crippen LogP) is 5.18. The van der Waals surface area contributed by atoms with Crippen LogP contribution in [0, 0.1) is 11.3 Å². The van der Waals surface area contributed by atoms with Gasteiger partial charge >= 0.3 is 0 Å². The van der Waals surface area contributed by atoms with Crippen LogP contribution in [-0.2, 0) is 16.1 Å². The quantitative estimate of drug-likeness (QED) is 0.177. The van der Waals surface area contributed by atoms with Crippen LogP contribution in [0.4, 0.5) is 0 Å². The van der Waals surface area contributed by atoms with Gasteiger partial charge in [0.15, 0.2) is 0 Å². The molecule has 1 amide bonds. The third-order valence-electron chi connectivity index (χ3n) is 5.59. The van der Waals surface area contributed by atoms with Crippen LogP contribution in [0.5, 0.6) is 5.75 Å². The number of hydrogen-bond donors (Lipinski definition) is 1. The third-order valence-corrected chi connectivity index (χ3v) is 5.59. The minimum Gasteiger partial charge on any atom is -0.489 e. The number of aromatic nitrogens is 2. The van der Waals surface area contributed by atoms with Gasteiger partial charge in [0.25, 0.3) is 5.91 Å². The van der Waals surface area contributed by atoms with Gasteiger partial charge in [-0.2, -0.15) is 10.4 Å². The molecule has 0 aliphatic rings. The van der Waals surface area contributed by atoms with Crippen molar-refractivity contribution < 1.29 is 14.3 Å². The standard InChI is InChI=1S/C30H28N4O3/c1-36-17-9-16-32-30(35)25(20-31)18-26-21-34(27-13-6-3-7-14-27)33-29(26)24-12-8-15-28(19-24)37-22-23-10-4-2-5-11-23/h2-8,10-15,18-19,21H,9,16-17,22H2,1H3,(H,32,35). The van der Waals surface area contributed by atoms with Crippen LogP contribution < -0.4 is 10.1 Å². The monoisotopic (exact) mass is 492 g/mol. The zero-order valence-electron chi connectivity index (χ0n) is 20.6. The summed E-state index contributed by atoms with van der Waals surface area (Å²) in [7, 11) is 1.61. The lowest BCUT2D eigenvalue weighted by Gasteiger charge is -2.08. The van der Waals surface area contributed by atoms with E-state index >= 15 is 0 Å². The van der Waals surface area contributed by atoms with Gasteiger partial charge in [0.2, 0.25) is 0 Å². The van der Waals surface area contributed by atoms with Gasteiger partial charge in [-0.05, 0) is 42.3 Å². The number of nitrogens with zero attached hydrogens (tertiary/aromatic N) is 3. The van der Waals surface area contributed by atoms with Crippen LogP contribution in [0.3, 0.4) is 0 Å². The number of methoxy groups -OCH3 is 1. The van der Waals surface area contributed by atoms with Crippen LogP contribution in [0.25, 0.3) is 23.0 Å². The molecule has 1 aromatic heterocycles. The lowest BCUT2D eigenvalue weighted by Crippen LogP contribution is -2.26. The van der Waals surface area contributed by atoms with E-state index in [0.717, 1.165) is 16.8 Å². The Hall–Kier alpha value is -4.67. The maximum Gasteiger partial charge on any atom is 0.261 e. The van der Waals surface area contributed by atoms with Crippen molar-refractivity contribution in [3.05, 3.63) is 108 Å². The summed E-state index contributed by atoms with van der Waals surface area (Å²) in [5, 5.41) is 17.3. The largest absolute Gasteiger partial charge is 0.489 e. The second kappa shape index (κ2) is 12.9. The van der Waals surface area contributed by atoms with E-state index in [1.165, 1.54) is 0 Å². The fourth-order valence-corrected chi connectivity index (χ4v) is 3.72. The molecule has 0 saturated heterocycles. The molecule has 0 aliphatic heterocycles. The maximum absolute atomic E-state index is 12.7. The number of rotatable bonds is 11. The van der Waals surface area contributed by atoms with E-state index in [9.17, 15) is 10.1 Å². The zero-order chi connectivity index (χ0) is 25.9. The Morgan fingerprint density at radius 1 is 1.05 bits per heavy atom. The van der Waals surface area contributed by atoms with E-state index in [1.54, 1.807) is 17.9 Å². The molecular weight excluding hydrogens is 464 g/mol. The molecule has 0 aliphatic carbocycles. The van der Waals surface area contributed by atoms with Crippen molar-refractivity contribution in [1.82, 2.24) is 15.1 Å². The molecule has 4 rings (SSSR count). The van der Waals surface area contributed by atoms with Gasteiger partial charge in [0.05, 0.1) is 5.69 Å². The molecule has 1 heterocycles. The summed E-state index contributed by atoms with van der Waals surface area (Å²) >= 11 is 0. The second-order valence-corrected chi connectivity index (χ2v) is 8.29. The van der Waals surface area contributed by atoms with Gasteiger partial charge in [-0.15, -0.1) is 0 Å². The van der Waals surface area contributed by atoms with Gasteiger partial charge < -0.3 is 14.8 Å². The van der Waals surface area contributed by atoms with Crippen molar-refractivity contribution in [2.24, 2.45) is 0 Å². The number of ether oxygens (including phenoxy) is 2. The van der Waals surface area contributed by atoms with E-state index in [2.05, 4.69) is 5.32 Å². The maximum atomic E-state index is 12.7. The first-order valence-electron chi connectivity index (χ1n) is 12.0. The van der Waals surface area contributed by atoms with E-state index in [0.29, 0.717) is 43.2 Å². The predicted molar refractivity (Wildman–Crippen MR) is 143 cm³/mol. The molecule has 0 atom stereocenters.